The first-order valence-corrected chi connectivity index (χ1v) is 10.8. The molecule has 2 aromatic carbocycles. The molecule has 0 aromatic heterocycles. The molecule has 1 aliphatic heterocycles. The number of nitrogens with zero attached hydrogens (tertiary/aromatic N) is 2. The molecule has 158 valence electrons. The molecule has 9 heteroatoms. The van der Waals surface area contributed by atoms with Crippen LogP contribution in [0.5, 0.6) is 0 Å². The zero-order valence-corrected chi connectivity index (χ0v) is 18.0. The monoisotopic (exact) mass is 466 g/mol. The minimum Gasteiger partial charge on any atom is -0.367 e. The summed E-state index contributed by atoms with van der Waals surface area (Å²) in [6.07, 6.45) is -4.26. The second-order valence-corrected chi connectivity index (χ2v) is 8.83. The van der Waals surface area contributed by atoms with Gasteiger partial charge in [-0.3, -0.25) is 4.90 Å². The Morgan fingerprint density at radius 1 is 1.03 bits per heavy atom. The van der Waals surface area contributed by atoms with E-state index in [1.807, 2.05) is 11.0 Å². The fourth-order valence-corrected chi connectivity index (χ4v) is 4.42. The van der Waals surface area contributed by atoms with Crippen LogP contribution in [-0.4, -0.2) is 43.0 Å². The van der Waals surface area contributed by atoms with Gasteiger partial charge in [-0.05, 0) is 48.4 Å². The smallest absolute Gasteiger partial charge is 0.367 e. The van der Waals surface area contributed by atoms with Crippen LogP contribution in [0.25, 0.3) is 0 Å². The van der Waals surface area contributed by atoms with Gasteiger partial charge in [-0.2, -0.15) is 13.2 Å². The number of alkyl halides is 3. The maximum absolute atomic E-state index is 14.5. The molecule has 1 heterocycles. The molecule has 1 saturated heterocycles. The summed E-state index contributed by atoms with van der Waals surface area (Å²) in [4.78, 5) is 4.52. The summed E-state index contributed by atoms with van der Waals surface area (Å²) < 4.78 is 52.2. The minimum atomic E-state index is -4.26. The van der Waals surface area contributed by atoms with Gasteiger partial charge in [0, 0.05) is 47.7 Å². The fourth-order valence-electron chi connectivity index (χ4n) is 3.25. The van der Waals surface area contributed by atoms with Crippen molar-refractivity contribution in [1.29, 1.82) is 0 Å². The van der Waals surface area contributed by atoms with Crippen LogP contribution in [0.2, 0.25) is 10.0 Å². The molecular weight excluding hydrogens is 447 g/mol. The Balaban J connectivity index is 1.66. The Labute approximate surface area is 181 Å². The second-order valence-electron chi connectivity index (χ2n) is 6.97. The second kappa shape index (κ2) is 9.33. The highest BCUT2D eigenvalue weighted by atomic mass is 35.5. The molecule has 0 bridgehead atoms. The van der Waals surface area contributed by atoms with Crippen LogP contribution in [0.1, 0.15) is 11.1 Å². The van der Waals surface area contributed by atoms with E-state index in [2.05, 4.69) is 4.90 Å². The van der Waals surface area contributed by atoms with Crippen molar-refractivity contribution >= 4 is 40.7 Å². The van der Waals surface area contributed by atoms with Crippen molar-refractivity contribution in [3.05, 3.63) is 57.3 Å². The number of anilines is 1. The normalized spacial score (nSPS) is 15.8. The molecule has 0 aliphatic carbocycles. The fraction of sp³-hybridized carbons (Fsp3) is 0.400. The van der Waals surface area contributed by atoms with E-state index in [1.165, 1.54) is 12.1 Å². The van der Waals surface area contributed by atoms with Gasteiger partial charge in [-0.25, -0.2) is 4.39 Å². The molecule has 1 fully saturated rings. The Kier molecular flexibility index (Phi) is 7.25. The highest BCUT2D eigenvalue weighted by Gasteiger charge is 2.28. The molecule has 3 rings (SSSR count). The molecule has 0 N–H and O–H groups in total. The van der Waals surface area contributed by atoms with E-state index in [9.17, 15) is 17.6 Å². The van der Waals surface area contributed by atoms with Crippen molar-refractivity contribution in [1.82, 2.24) is 4.90 Å². The molecule has 2 nitrogen and oxygen atoms in total. The van der Waals surface area contributed by atoms with Crippen molar-refractivity contribution < 1.29 is 17.6 Å². The van der Waals surface area contributed by atoms with E-state index >= 15 is 0 Å². The summed E-state index contributed by atoms with van der Waals surface area (Å²) in [5, 5.41) is 1.27. The lowest BCUT2D eigenvalue weighted by atomic mass is 10.1. The van der Waals surface area contributed by atoms with E-state index in [4.69, 9.17) is 23.2 Å². The number of aryl methyl sites for hydroxylation is 1. The van der Waals surface area contributed by atoms with Crippen LogP contribution in [-0.2, 0) is 6.54 Å². The topological polar surface area (TPSA) is 6.48 Å². The van der Waals surface area contributed by atoms with Crippen molar-refractivity contribution in [2.45, 2.75) is 24.5 Å². The molecule has 1 aliphatic rings. The highest BCUT2D eigenvalue weighted by Crippen LogP contribution is 2.34. The Bertz CT molecular complexity index is 868. The molecule has 0 saturated carbocycles. The summed E-state index contributed by atoms with van der Waals surface area (Å²) in [7, 11) is 0. The van der Waals surface area contributed by atoms with Gasteiger partial charge in [-0.15, -0.1) is 11.8 Å². The molecule has 0 radical (unpaired) electrons. The number of rotatable bonds is 5. The Morgan fingerprint density at radius 3 is 2.38 bits per heavy atom. The molecule has 0 amide bonds. The largest absolute Gasteiger partial charge is 0.398 e. The van der Waals surface area contributed by atoms with Gasteiger partial charge >= 0.3 is 6.18 Å². The average Bonchev–Trinajstić information content (AvgIpc) is 2.64. The van der Waals surface area contributed by atoms with Crippen LogP contribution in [0.4, 0.5) is 23.2 Å². The predicted molar refractivity (Wildman–Crippen MR) is 112 cm³/mol. The molecule has 0 spiro atoms. The molecule has 0 unspecified atom stereocenters. The van der Waals surface area contributed by atoms with Crippen LogP contribution < -0.4 is 4.90 Å². The van der Waals surface area contributed by atoms with E-state index in [1.54, 1.807) is 19.1 Å². The standard InChI is InChI=1S/C20H20Cl2F4N2S/c1-13-8-17(23)18(10-19(13)29-12-20(24,25)26)28-6-4-27(5-7-28)11-14-9-15(21)2-3-16(14)22/h2-3,8-10H,4-7,11-12H2,1H3. The maximum Gasteiger partial charge on any atom is 0.398 e. The number of benzene rings is 2. The number of halogens is 6. The van der Waals surface area contributed by atoms with E-state index in [-0.39, 0.29) is 0 Å². The SMILES string of the molecule is Cc1cc(F)c(N2CCN(Cc3cc(Cl)ccc3Cl)CC2)cc1SCC(F)(F)F. The van der Waals surface area contributed by atoms with Gasteiger partial charge in [0.1, 0.15) is 5.82 Å². The van der Waals surface area contributed by atoms with Gasteiger partial charge in [0.25, 0.3) is 0 Å². The first kappa shape index (κ1) is 22.5. The highest BCUT2D eigenvalue weighted by molar-refractivity contribution is 7.99. The van der Waals surface area contributed by atoms with Crippen molar-refractivity contribution in [3.8, 4) is 0 Å². The summed E-state index contributed by atoms with van der Waals surface area (Å²) in [6, 6.07) is 8.17. The van der Waals surface area contributed by atoms with E-state index in [0.29, 0.717) is 70.7 Å². The summed E-state index contributed by atoms with van der Waals surface area (Å²) in [6.45, 7) is 4.76. The van der Waals surface area contributed by atoms with Crippen LogP contribution >= 0.6 is 35.0 Å². The van der Waals surface area contributed by atoms with Gasteiger partial charge in [0.2, 0.25) is 0 Å². The summed E-state index contributed by atoms with van der Waals surface area (Å²) >= 11 is 13.0. The maximum atomic E-state index is 14.5. The molecule has 0 atom stereocenters. The van der Waals surface area contributed by atoms with E-state index in [0.717, 1.165) is 5.56 Å². The van der Waals surface area contributed by atoms with Gasteiger partial charge in [0.05, 0.1) is 11.4 Å². The number of piperazine rings is 1. The van der Waals surface area contributed by atoms with E-state index < -0.39 is 17.7 Å². The molecular formula is C20H20Cl2F4N2S. The van der Waals surface area contributed by atoms with Gasteiger partial charge in [0.15, 0.2) is 0 Å². The first-order valence-electron chi connectivity index (χ1n) is 9.03. The lowest BCUT2D eigenvalue weighted by Crippen LogP contribution is -2.46. The third kappa shape index (κ3) is 6.17. The van der Waals surface area contributed by atoms with Crippen molar-refractivity contribution in [2.75, 3.05) is 36.8 Å². The van der Waals surface area contributed by atoms with Crippen LogP contribution in [0.3, 0.4) is 0 Å². The average molecular weight is 467 g/mol. The van der Waals surface area contributed by atoms with Crippen LogP contribution in [0, 0.1) is 12.7 Å². The summed E-state index contributed by atoms with van der Waals surface area (Å²) in [5.41, 5.74) is 1.79. The lowest BCUT2D eigenvalue weighted by molar-refractivity contribution is -0.105. The minimum absolute atomic E-state index is 0.348. The quantitative estimate of drug-likeness (QED) is 0.370. The van der Waals surface area contributed by atoms with Gasteiger partial charge in [-0.1, -0.05) is 23.2 Å². The molecule has 2 aromatic rings. The first-order chi connectivity index (χ1) is 13.6. The lowest BCUT2D eigenvalue weighted by Gasteiger charge is -2.36. The van der Waals surface area contributed by atoms with Crippen molar-refractivity contribution in [2.24, 2.45) is 0 Å². The van der Waals surface area contributed by atoms with Crippen LogP contribution in [0.15, 0.2) is 35.2 Å². The molecule has 29 heavy (non-hydrogen) atoms. The Morgan fingerprint density at radius 2 is 1.72 bits per heavy atom. The number of hydrogen-bond donors (Lipinski definition) is 0. The van der Waals surface area contributed by atoms with Gasteiger partial charge < -0.3 is 4.90 Å². The van der Waals surface area contributed by atoms with Crippen molar-refractivity contribution in [3.63, 3.8) is 0 Å². The number of hydrogen-bond acceptors (Lipinski definition) is 3. The zero-order valence-electron chi connectivity index (χ0n) is 15.7. The summed E-state index contributed by atoms with van der Waals surface area (Å²) in [5.74, 6) is -1.40. The number of thioether (sulfide) groups is 1. The third-order valence-electron chi connectivity index (χ3n) is 4.75. The zero-order chi connectivity index (χ0) is 21.2. The predicted octanol–water partition coefficient (Wildman–Crippen LogP) is 6.42. The third-order valence-corrected chi connectivity index (χ3v) is 6.58. The Hall–Kier alpha value is -1.15.